The lowest BCUT2D eigenvalue weighted by Crippen LogP contribution is -2.09. The molecule has 1 nitrogen and oxygen atoms in total. The molecule has 3 heteroatoms. The lowest BCUT2D eigenvalue weighted by molar-refractivity contribution is 0.908. The Hall–Kier alpha value is -0.640. The van der Waals surface area contributed by atoms with Crippen molar-refractivity contribution in [3.05, 3.63) is 43.8 Å². The number of thiophene rings is 2. The molecule has 2 rings (SSSR count). The Balaban J connectivity index is 2.36. The molecule has 2 aromatic rings. The van der Waals surface area contributed by atoms with E-state index >= 15 is 0 Å². The number of nitrogens with two attached hydrogens (primary N) is 1. The Morgan fingerprint density at radius 2 is 2.14 bits per heavy atom. The highest BCUT2D eigenvalue weighted by atomic mass is 32.1. The van der Waals surface area contributed by atoms with E-state index in [1.54, 1.807) is 22.7 Å². The Kier molecular flexibility index (Phi) is 2.72. The fourth-order valence-corrected chi connectivity index (χ4v) is 3.43. The summed E-state index contributed by atoms with van der Waals surface area (Å²) in [4.78, 5) is 3.88. The van der Waals surface area contributed by atoms with Gasteiger partial charge < -0.3 is 5.73 Å². The first-order chi connectivity index (χ1) is 6.68. The summed E-state index contributed by atoms with van der Waals surface area (Å²) in [5.41, 5.74) is 7.51. The molecule has 2 heterocycles. The number of rotatable bonds is 2. The molecule has 0 spiro atoms. The van der Waals surface area contributed by atoms with Crippen molar-refractivity contribution in [2.24, 2.45) is 5.73 Å². The van der Waals surface area contributed by atoms with E-state index in [1.165, 1.54) is 20.2 Å². The largest absolute Gasteiger partial charge is 0.319 e. The first kappa shape index (κ1) is 9.90. The summed E-state index contributed by atoms with van der Waals surface area (Å²) in [6, 6.07) is 6.42. The molecule has 0 aliphatic rings. The van der Waals surface area contributed by atoms with Gasteiger partial charge >= 0.3 is 0 Å². The molecule has 0 aromatic carbocycles. The molecular formula is C11H13NS2. The molecule has 0 aliphatic carbocycles. The molecule has 0 saturated carbocycles. The van der Waals surface area contributed by atoms with Crippen LogP contribution in [-0.4, -0.2) is 0 Å². The van der Waals surface area contributed by atoms with E-state index in [4.69, 9.17) is 5.73 Å². The summed E-state index contributed by atoms with van der Waals surface area (Å²) in [6.45, 7) is 4.26. The van der Waals surface area contributed by atoms with Crippen LogP contribution in [0, 0.1) is 13.8 Å². The van der Waals surface area contributed by atoms with Gasteiger partial charge in [0.25, 0.3) is 0 Å². The maximum Gasteiger partial charge on any atom is 0.0742 e. The van der Waals surface area contributed by atoms with Crippen LogP contribution in [0.15, 0.2) is 23.6 Å². The molecule has 1 atom stereocenters. The second-order valence-electron chi connectivity index (χ2n) is 3.40. The van der Waals surface area contributed by atoms with Crippen molar-refractivity contribution in [1.82, 2.24) is 0 Å². The highest BCUT2D eigenvalue weighted by Crippen LogP contribution is 2.31. The quantitative estimate of drug-likeness (QED) is 0.829. The van der Waals surface area contributed by atoms with Gasteiger partial charge in [-0.25, -0.2) is 0 Å². The third kappa shape index (κ3) is 1.75. The van der Waals surface area contributed by atoms with Crippen molar-refractivity contribution in [2.45, 2.75) is 19.9 Å². The van der Waals surface area contributed by atoms with E-state index < -0.39 is 0 Å². The topological polar surface area (TPSA) is 26.0 Å². The minimum absolute atomic E-state index is 0.0636. The first-order valence-corrected chi connectivity index (χ1v) is 6.24. The first-order valence-electron chi connectivity index (χ1n) is 4.54. The summed E-state index contributed by atoms with van der Waals surface area (Å²) in [7, 11) is 0. The summed E-state index contributed by atoms with van der Waals surface area (Å²) in [5, 5.41) is 2.07. The molecule has 0 aliphatic heterocycles. The van der Waals surface area contributed by atoms with E-state index in [1.807, 2.05) is 0 Å². The van der Waals surface area contributed by atoms with Crippen LogP contribution >= 0.6 is 22.7 Å². The van der Waals surface area contributed by atoms with Gasteiger partial charge in [0.15, 0.2) is 0 Å². The molecule has 2 N–H and O–H groups in total. The van der Waals surface area contributed by atoms with Crippen molar-refractivity contribution in [2.75, 3.05) is 0 Å². The molecule has 74 valence electrons. The monoisotopic (exact) mass is 223 g/mol. The predicted octanol–water partition coefficient (Wildman–Crippen LogP) is 3.47. The average Bonchev–Trinajstić information content (AvgIpc) is 2.73. The standard InChI is InChI=1S/C11H13NS2/c1-7-6-8(2)14-11(7)10(12)9-4-3-5-13-9/h3-6,10H,12H2,1-2H3. The summed E-state index contributed by atoms with van der Waals surface area (Å²) >= 11 is 3.53. The molecule has 0 bridgehead atoms. The van der Waals surface area contributed by atoms with Crippen LogP contribution in [0.5, 0.6) is 0 Å². The second-order valence-corrected chi connectivity index (χ2v) is 5.66. The van der Waals surface area contributed by atoms with E-state index in [0.717, 1.165) is 0 Å². The van der Waals surface area contributed by atoms with E-state index in [-0.39, 0.29) is 6.04 Å². The normalized spacial score (nSPS) is 13.1. The van der Waals surface area contributed by atoms with E-state index in [0.29, 0.717) is 0 Å². The number of hydrogen-bond acceptors (Lipinski definition) is 3. The van der Waals surface area contributed by atoms with Crippen LogP contribution in [0.4, 0.5) is 0 Å². The fraction of sp³-hybridized carbons (Fsp3) is 0.273. The highest BCUT2D eigenvalue weighted by molar-refractivity contribution is 7.13. The van der Waals surface area contributed by atoms with Gasteiger partial charge in [-0.2, -0.15) is 0 Å². The van der Waals surface area contributed by atoms with Crippen molar-refractivity contribution < 1.29 is 0 Å². The van der Waals surface area contributed by atoms with Gasteiger partial charge in [-0.15, -0.1) is 22.7 Å². The van der Waals surface area contributed by atoms with Crippen LogP contribution in [-0.2, 0) is 0 Å². The average molecular weight is 223 g/mol. The van der Waals surface area contributed by atoms with Crippen LogP contribution in [0.1, 0.15) is 26.2 Å². The minimum atomic E-state index is 0.0636. The molecular weight excluding hydrogens is 210 g/mol. The third-order valence-corrected chi connectivity index (χ3v) is 4.40. The van der Waals surface area contributed by atoms with Gasteiger partial charge in [-0.3, -0.25) is 0 Å². The van der Waals surface area contributed by atoms with Gasteiger partial charge in [0, 0.05) is 14.6 Å². The van der Waals surface area contributed by atoms with Gasteiger partial charge in [0.2, 0.25) is 0 Å². The van der Waals surface area contributed by atoms with Gasteiger partial charge in [-0.1, -0.05) is 6.07 Å². The smallest absolute Gasteiger partial charge is 0.0742 e. The van der Waals surface area contributed by atoms with Crippen LogP contribution in [0.25, 0.3) is 0 Å². The van der Waals surface area contributed by atoms with Gasteiger partial charge in [0.05, 0.1) is 6.04 Å². The van der Waals surface area contributed by atoms with Crippen molar-refractivity contribution >= 4 is 22.7 Å². The zero-order chi connectivity index (χ0) is 10.1. The lowest BCUT2D eigenvalue weighted by atomic mass is 10.1. The predicted molar refractivity (Wildman–Crippen MR) is 64.1 cm³/mol. The Morgan fingerprint density at radius 1 is 1.36 bits per heavy atom. The maximum atomic E-state index is 6.20. The molecule has 0 radical (unpaired) electrons. The molecule has 14 heavy (non-hydrogen) atoms. The number of hydrogen-bond donors (Lipinski definition) is 1. The van der Waals surface area contributed by atoms with E-state index in [9.17, 15) is 0 Å². The zero-order valence-electron chi connectivity index (χ0n) is 8.28. The second kappa shape index (κ2) is 3.85. The summed E-state index contributed by atoms with van der Waals surface area (Å²) < 4.78 is 0. The molecule has 0 amide bonds. The Labute approximate surface area is 92.2 Å². The zero-order valence-corrected chi connectivity index (χ0v) is 9.91. The van der Waals surface area contributed by atoms with Crippen molar-refractivity contribution in [3.8, 4) is 0 Å². The highest BCUT2D eigenvalue weighted by Gasteiger charge is 2.14. The van der Waals surface area contributed by atoms with Crippen molar-refractivity contribution in [1.29, 1.82) is 0 Å². The molecule has 0 fully saturated rings. The molecule has 1 unspecified atom stereocenters. The number of aryl methyl sites for hydroxylation is 2. The molecule has 2 aromatic heterocycles. The van der Waals surface area contributed by atoms with Crippen LogP contribution in [0.2, 0.25) is 0 Å². The lowest BCUT2D eigenvalue weighted by Gasteiger charge is -2.08. The van der Waals surface area contributed by atoms with Crippen LogP contribution in [0.3, 0.4) is 0 Å². The van der Waals surface area contributed by atoms with E-state index in [2.05, 4.69) is 37.4 Å². The minimum Gasteiger partial charge on any atom is -0.319 e. The Bertz CT molecular complexity index is 414. The Morgan fingerprint density at radius 3 is 2.64 bits per heavy atom. The fourth-order valence-electron chi connectivity index (χ4n) is 1.57. The van der Waals surface area contributed by atoms with Crippen molar-refractivity contribution in [3.63, 3.8) is 0 Å². The van der Waals surface area contributed by atoms with Gasteiger partial charge in [-0.05, 0) is 36.9 Å². The third-order valence-electron chi connectivity index (χ3n) is 2.21. The maximum absolute atomic E-state index is 6.20. The van der Waals surface area contributed by atoms with Crippen LogP contribution < -0.4 is 5.73 Å². The summed E-state index contributed by atoms with van der Waals surface area (Å²) in [5.74, 6) is 0. The molecule has 0 saturated heterocycles. The SMILES string of the molecule is Cc1cc(C)c(C(N)c2cccs2)s1. The summed E-state index contributed by atoms with van der Waals surface area (Å²) in [6.07, 6.45) is 0. The van der Waals surface area contributed by atoms with Gasteiger partial charge in [0.1, 0.15) is 0 Å².